The maximum Gasteiger partial charge on any atom is 0.233 e. The summed E-state index contributed by atoms with van der Waals surface area (Å²) in [6.45, 7) is 1.82. The van der Waals surface area contributed by atoms with E-state index in [1.807, 2.05) is 28.8 Å². The Bertz CT molecular complexity index is 650. The Labute approximate surface area is 148 Å². The summed E-state index contributed by atoms with van der Waals surface area (Å²) in [6.07, 6.45) is 1.65. The molecule has 0 unspecified atom stereocenters. The van der Waals surface area contributed by atoms with E-state index in [2.05, 4.69) is 26.1 Å². The second-order valence-corrected chi connectivity index (χ2v) is 6.73. The van der Waals surface area contributed by atoms with E-state index in [1.165, 1.54) is 11.8 Å². The van der Waals surface area contributed by atoms with Crippen molar-refractivity contribution in [2.75, 3.05) is 26.5 Å². The van der Waals surface area contributed by atoms with Crippen LogP contribution in [0.5, 0.6) is 0 Å². The van der Waals surface area contributed by atoms with Crippen LogP contribution in [0.1, 0.15) is 5.56 Å². The summed E-state index contributed by atoms with van der Waals surface area (Å²) in [5, 5.41) is 8.65. The predicted molar refractivity (Wildman–Crippen MR) is 93.2 cm³/mol. The molecular weight excluding hydrogens is 380 g/mol. The number of thioether (sulfide) groups is 1. The minimum absolute atomic E-state index is 0.0482. The first-order chi connectivity index (χ1) is 11.1. The Hall–Kier alpha value is -1.38. The van der Waals surface area contributed by atoms with E-state index in [1.54, 1.807) is 25.4 Å². The third-order valence-electron chi connectivity index (χ3n) is 3.23. The van der Waals surface area contributed by atoms with Gasteiger partial charge in [-0.25, -0.2) is 0 Å². The van der Waals surface area contributed by atoms with E-state index in [0.717, 1.165) is 15.2 Å². The number of amides is 1. The lowest BCUT2D eigenvalue weighted by atomic mass is 10.2. The average Bonchev–Trinajstić information content (AvgIpc) is 3.00. The molecule has 0 radical (unpaired) electrons. The summed E-state index contributed by atoms with van der Waals surface area (Å²) < 4.78 is 7.94. The van der Waals surface area contributed by atoms with Crippen molar-refractivity contribution in [1.82, 2.24) is 19.7 Å². The molecule has 0 saturated carbocycles. The van der Waals surface area contributed by atoms with Gasteiger partial charge >= 0.3 is 0 Å². The lowest BCUT2D eigenvalue weighted by molar-refractivity contribution is -0.127. The standard InChI is InChI=1S/C15H19BrN4O2S/c1-19(9-12-5-3-4-6-13(12)16)14(21)10-23-15-18-17-11-20(15)7-8-22-2/h3-6,11H,7-10H2,1-2H3. The van der Waals surface area contributed by atoms with Crippen LogP contribution in [0.2, 0.25) is 0 Å². The van der Waals surface area contributed by atoms with Crippen LogP contribution in [0.3, 0.4) is 0 Å². The Kier molecular flexibility index (Phi) is 7.07. The van der Waals surface area contributed by atoms with Gasteiger partial charge in [0.25, 0.3) is 0 Å². The molecule has 0 spiro atoms. The first-order valence-electron chi connectivity index (χ1n) is 7.08. The summed E-state index contributed by atoms with van der Waals surface area (Å²) in [5.41, 5.74) is 1.08. The number of rotatable bonds is 8. The molecule has 1 amide bonds. The van der Waals surface area contributed by atoms with Crippen molar-refractivity contribution in [2.45, 2.75) is 18.2 Å². The largest absolute Gasteiger partial charge is 0.383 e. The smallest absolute Gasteiger partial charge is 0.233 e. The highest BCUT2D eigenvalue weighted by atomic mass is 79.9. The minimum Gasteiger partial charge on any atom is -0.383 e. The van der Waals surface area contributed by atoms with E-state index >= 15 is 0 Å². The molecule has 0 fully saturated rings. The summed E-state index contributed by atoms with van der Waals surface area (Å²) in [4.78, 5) is 14.0. The highest BCUT2D eigenvalue weighted by Gasteiger charge is 2.13. The molecule has 0 bridgehead atoms. The fourth-order valence-corrected chi connectivity index (χ4v) is 3.20. The quantitative estimate of drug-likeness (QED) is 0.639. The van der Waals surface area contributed by atoms with Crippen molar-refractivity contribution in [2.24, 2.45) is 0 Å². The van der Waals surface area contributed by atoms with E-state index in [9.17, 15) is 4.79 Å². The van der Waals surface area contributed by atoms with Gasteiger partial charge in [0.15, 0.2) is 5.16 Å². The normalized spacial score (nSPS) is 10.7. The number of hydrogen-bond acceptors (Lipinski definition) is 5. The molecule has 0 saturated heterocycles. The molecule has 2 rings (SSSR count). The third kappa shape index (κ3) is 5.33. The molecule has 0 aliphatic heterocycles. The molecule has 0 N–H and O–H groups in total. The van der Waals surface area contributed by atoms with Crippen LogP contribution in [0.15, 0.2) is 40.2 Å². The first-order valence-corrected chi connectivity index (χ1v) is 8.86. The molecule has 1 heterocycles. The van der Waals surface area contributed by atoms with Gasteiger partial charge in [0.2, 0.25) is 5.91 Å². The Balaban J connectivity index is 1.87. The van der Waals surface area contributed by atoms with Crippen molar-refractivity contribution in [3.8, 4) is 0 Å². The molecule has 0 aliphatic rings. The second kappa shape index (κ2) is 9.05. The lowest BCUT2D eigenvalue weighted by Crippen LogP contribution is -2.28. The molecule has 0 atom stereocenters. The Morgan fingerprint density at radius 1 is 1.43 bits per heavy atom. The molecule has 6 nitrogen and oxygen atoms in total. The fourth-order valence-electron chi connectivity index (χ4n) is 1.91. The molecule has 8 heteroatoms. The molecule has 124 valence electrons. The van der Waals surface area contributed by atoms with Crippen LogP contribution >= 0.6 is 27.7 Å². The topological polar surface area (TPSA) is 60.2 Å². The number of hydrogen-bond donors (Lipinski definition) is 0. The highest BCUT2D eigenvalue weighted by molar-refractivity contribution is 9.10. The number of ether oxygens (including phenoxy) is 1. The second-order valence-electron chi connectivity index (χ2n) is 4.93. The summed E-state index contributed by atoms with van der Waals surface area (Å²) >= 11 is 4.89. The number of halogens is 1. The number of benzene rings is 1. The minimum atomic E-state index is 0.0482. The van der Waals surface area contributed by atoms with Crippen LogP contribution in [-0.4, -0.2) is 52.1 Å². The lowest BCUT2D eigenvalue weighted by Gasteiger charge is -2.17. The van der Waals surface area contributed by atoms with Crippen molar-refractivity contribution < 1.29 is 9.53 Å². The number of methoxy groups -OCH3 is 1. The summed E-state index contributed by atoms with van der Waals surface area (Å²) in [5.74, 6) is 0.374. The summed E-state index contributed by atoms with van der Waals surface area (Å²) in [6, 6.07) is 7.90. The van der Waals surface area contributed by atoms with E-state index in [4.69, 9.17) is 4.74 Å². The maximum atomic E-state index is 12.3. The predicted octanol–water partition coefficient (Wildman–Crippen LogP) is 2.44. The zero-order valence-corrected chi connectivity index (χ0v) is 15.5. The summed E-state index contributed by atoms with van der Waals surface area (Å²) in [7, 11) is 3.45. The molecule has 23 heavy (non-hydrogen) atoms. The first kappa shape index (κ1) is 18.0. The van der Waals surface area contributed by atoms with E-state index in [-0.39, 0.29) is 5.91 Å². The van der Waals surface area contributed by atoms with Gasteiger partial charge in [-0.05, 0) is 11.6 Å². The van der Waals surface area contributed by atoms with Crippen molar-refractivity contribution in [3.63, 3.8) is 0 Å². The SMILES string of the molecule is COCCn1cnnc1SCC(=O)N(C)Cc1ccccc1Br. The molecule has 1 aromatic carbocycles. The van der Waals surface area contributed by atoms with Gasteiger partial charge in [0, 0.05) is 31.7 Å². The molecule has 1 aromatic heterocycles. The van der Waals surface area contributed by atoms with E-state index in [0.29, 0.717) is 25.4 Å². The monoisotopic (exact) mass is 398 g/mol. The van der Waals surface area contributed by atoms with Crippen LogP contribution in [0.4, 0.5) is 0 Å². The Morgan fingerprint density at radius 2 is 2.22 bits per heavy atom. The average molecular weight is 399 g/mol. The molecule has 2 aromatic rings. The number of carbonyl (C=O) groups excluding carboxylic acids is 1. The molecule has 0 aliphatic carbocycles. The zero-order valence-electron chi connectivity index (χ0n) is 13.1. The fraction of sp³-hybridized carbons (Fsp3) is 0.400. The number of aromatic nitrogens is 3. The van der Waals surface area contributed by atoms with Gasteiger partial charge in [-0.3, -0.25) is 4.79 Å². The van der Waals surface area contributed by atoms with Crippen LogP contribution in [0.25, 0.3) is 0 Å². The molecular formula is C15H19BrN4O2S. The number of carbonyl (C=O) groups is 1. The van der Waals surface area contributed by atoms with E-state index < -0.39 is 0 Å². The zero-order chi connectivity index (χ0) is 16.7. The van der Waals surface area contributed by atoms with Gasteiger partial charge in [0.05, 0.1) is 12.4 Å². The van der Waals surface area contributed by atoms with Gasteiger partial charge in [0.1, 0.15) is 6.33 Å². The van der Waals surface area contributed by atoms with Gasteiger partial charge in [-0.15, -0.1) is 10.2 Å². The van der Waals surface area contributed by atoms with Crippen molar-refractivity contribution in [3.05, 3.63) is 40.6 Å². The Morgan fingerprint density at radius 3 is 2.96 bits per heavy atom. The maximum absolute atomic E-state index is 12.3. The van der Waals surface area contributed by atoms with Crippen molar-refractivity contribution in [1.29, 1.82) is 0 Å². The van der Waals surface area contributed by atoms with Crippen LogP contribution in [-0.2, 0) is 22.6 Å². The van der Waals surface area contributed by atoms with Crippen molar-refractivity contribution >= 4 is 33.6 Å². The van der Waals surface area contributed by atoms with Gasteiger partial charge in [-0.2, -0.15) is 0 Å². The van der Waals surface area contributed by atoms with Gasteiger partial charge in [-0.1, -0.05) is 45.9 Å². The van der Waals surface area contributed by atoms with Gasteiger partial charge < -0.3 is 14.2 Å². The van der Waals surface area contributed by atoms with Crippen LogP contribution < -0.4 is 0 Å². The highest BCUT2D eigenvalue weighted by Crippen LogP contribution is 2.19. The number of nitrogens with zero attached hydrogens (tertiary/aromatic N) is 4. The van der Waals surface area contributed by atoms with Crippen LogP contribution in [0, 0.1) is 0 Å². The third-order valence-corrected chi connectivity index (χ3v) is 4.97.